The Morgan fingerprint density at radius 3 is 2.18 bits per heavy atom. The lowest BCUT2D eigenvalue weighted by atomic mass is 9.94. The van der Waals surface area contributed by atoms with Crippen LogP contribution in [0.2, 0.25) is 0 Å². The molecule has 0 saturated carbocycles. The molecule has 2 aromatic rings. The fourth-order valence-corrected chi connectivity index (χ4v) is 3.17. The highest BCUT2D eigenvalue weighted by atomic mass is 16.5. The Morgan fingerprint density at radius 2 is 1.61 bits per heavy atom. The minimum absolute atomic E-state index is 0.239. The molecule has 2 amide bonds. The molecule has 1 heterocycles. The average Bonchev–Trinajstić information content (AvgIpc) is 3.02. The third-order valence-electron chi connectivity index (χ3n) is 4.72. The standard InChI is InChI=1S/C21H23N3O4/c1-21(2)12-16(15-9-10-17(27-3)18(11-15)28-4)23-24(21)20(26)14-7-5-13(6-8-14)19(22)25/h5-11H,12H2,1-4H3,(H2,22,25). The summed E-state index contributed by atoms with van der Waals surface area (Å²) in [6, 6.07) is 11.8. The van der Waals surface area contributed by atoms with Crippen LogP contribution in [0.25, 0.3) is 0 Å². The van der Waals surface area contributed by atoms with E-state index in [2.05, 4.69) is 5.10 Å². The molecule has 2 aromatic carbocycles. The van der Waals surface area contributed by atoms with Gasteiger partial charge in [0.05, 0.1) is 25.5 Å². The zero-order valence-corrected chi connectivity index (χ0v) is 16.4. The number of nitrogens with two attached hydrogens (primary N) is 1. The topological polar surface area (TPSA) is 94.2 Å². The minimum atomic E-state index is -0.533. The maximum Gasteiger partial charge on any atom is 0.274 e. The SMILES string of the molecule is COc1ccc(C2=NN(C(=O)c3ccc(C(N)=O)cc3)C(C)(C)C2)cc1OC. The highest BCUT2D eigenvalue weighted by molar-refractivity contribution is 6.06. The van der Waals surface area contributed by atoms with E-state index in [-0.39, 0.29) is 5.91 Å². The van der Waals surface area contributed by atoms with E-state index in [1.807, 2.05) is 32.0 Å². The van der Waals surface area contributed by atoms with Crippen LogP contribution in [0, 0.1) is 0 Å². The van der Waals surface area contributed by atoms with Crippen molar-refractivity contribution in [1.82, 2.24) is 5.01 Å². The number of hydrogen-bond donors (Lipinski definition) is 1. The molecule has 7 heteroatoms. The lowest BCUT2D eigenvalue weighted by molar-refractivity contribution is 0.0612. The molecule has 0 aliphatic carbocycles. The summed E-state index contributed by atoms with van der Waals surface area (Å²) in [4.78, 5) is 24.2. The van der Waals surface area contributed by atoms with Gasteiger partial charge in [-0.05, 0) is 56.3 Å². The first-order chi connectivity index (χ1) is 13.3. The van der Waals surface area contributed by atoms with Gasteiger partial charge in [-0.25, -0.2) is 5.01 Å². The third-order valence-corrected chi connectivity index (χ3v) is 4.72. The number of primary amides is 1. The van der Waals surface area contributed by atoms with Gasteiger partial charge in [0.15, 0.2) is 11.5 Å². The summed E-state index contributed by atoms with van der Waals surface area (Å²) in [6.45, 7) is 3.92. The number of nitrogens with zero attached hydrogens (tertiary/aromatic N) is 2. The van der Waals surface area contributed by atoms with Gasteiger partial charge >= 0.3 is 0 Å². The third kappa shape index (κ3) is 3.55. The molecule has 7 nitrogen and oxygen atoms in total. The van der Waals surface area contributed by atoms with Gasteiger partial charge in [-0.2, -0.15) is 5.10 Å². The summed E-state index contributed by atoms with van der Waals surface area (Å²) in [7, 11) is 3.16. The van der Waals surface area contributed by atoms with Crippen molar-refractivity contribution in [3.8, 4) is 11.5 Å². The number of hydrogen-bond acceptors (Lipinski definition) is 5. The number of benzene rings is 2. The number of methoxy groups -OCH3 is 2. The maximum absolute atomic E-state index is 13.0. The van der Waals surface area contributed by atoms with Crippen molar-refractivity contribution in [2.75, 3.05) is 14.2 Å². The van der Waals surface area contributed by atoms with E-state index < -0.39 is 11.4 Å². The molecule has 28 heavy (non-hydrogen) atoms. The van der Waals surface area contributed by atoms with E-state index in [0.29, 0.717) is 29.0 Å². The molecule has 0 atom stereocenters. The molecule has 1 aliphatic heterocycles. The molecular weight excluding hydrogens is 358 g/mol. The predicted molar refractivity (Wildman–Crippen MR) is 106 cm³/mol. The second kappa shape index (κ2) is 7.34. The molecule has 0 fully saturated rings. The minimum Gasteiger partial charge on any atom is -0.493 e. The summed E-state index contributed by atoms with van der Waals surface area (Å²) in [5.41, 5.74) is 7.20. The van der Waals surface area contributed by atoms with Gasteiger partial charge < -0.3 is 15.2 Å². The van der Waals surface area contributed by atoms with E-state index in [9.17, 15) is 9.59 Å². The number of ether oxygens (including phenoxy) is 2. The van der Waals surface area contributed by atoms with Crippen molar-refractivity contribution in [2.24, 2.45) is 10.8 Å². The highest BCUT2D eigenvalue weighted by Crippen LogP contribution is 2.34. The van der Waals surface area contributed by atoms with Crippen LogP contribution in [0.3, 0.4) is 0 Å². The lowest BCUT2D eigenvalue weighted by Gasteiger charge is -2.28. The van der Waals surface area contributed by atoms with Gasteiger partial charge in [-0.15, -0.1) is 0 Å². The Bertz CT molecular complexity index is 949. The van der Waals surface area contributed by atoms with E-state index in [1.54, 1.807) is 26.4 Å². The summed E-state index contributed by atoms with van der Waals surface area (Å²) >= 11 is 0. The van der Waals surface area contributed by atoms with Crippen LogP contribution < -0.4 is 15.2 Å². The van der Waals surface area contributed by atoms with Crippen LogP contribution in [-0.2, 0) is 0 Å². The smallest absolute Gasteiger partial charge is 0.274 e. The van der Waals surface area contributed by atoms with E-state index in [1.165, 1.54) is 17.1 Å². The maximum atomic E-state index is 13.0. The summed E-state index contributed by atoms with van der Waals surface area (Å²) in [6.07, 6.45) is 0.591. The van der Waals surface area contributed by atoms with Crippen LogP contribution in [0.15, 0.2) is 47.6 Å². The Kier molecular flexibility index (Phi) is 5.09. The highest BCUT2D eigenvalue weighted by Gasteiger charge is 2.39. The van der Waals surface area contributed by atoms with Gasteiger partial charge in [-0.3, -0.25) is 9.59 Å². The quantitative estimate of drug-likeness (QED) is 0.862. The largest absolute Gasteiger partial charge is 0.493 e. The monoisotopic (exact) mass is 381 g/mol. The van der Waals surface area contributed by atoms with Crippen LogP contribution in [0.5, 0.6) is 11.5 Å². The Labute approximate surface area is 163 Å². The van der Waals surface area contributed by atoms with Crippen molar-refractivity contribution >= 4 is 17.5 Å². The Balaban J connectivity index is 1.92. The summed E-state index contributed by atoms with van der Waals surface area (Å²) in [5, 5.41) is 6.07. The number of hydrazone groups is 1. The first-order valence-corrected chi connectivity index (χ1v) is 8.81. The predicted octanol–water partition coefficient (Wildman–Crippen LogP) is 2.83. The summed E-state index contributed by atoms with van der Waals surface area (Å²) in [5.74, 6) is 0.463. The fourth-order valence-electron chi connectivity index (χ4n) is 3.17. The normalized spacial score (nSPS) is 15.1. The van der Waals surface area contributed by atoms with Gasteiger partial charge in [0.2, 0.25) is 5.91 Å². The second-order valence-corrected chi connectivity index (χ2v) is 7.16. The Hall–Kier alpha value is -3.35. The van der Waals surface area contributed by atoms with Gasteiger partial charge in [0.25, 0.3) is 5.91 Å². The molecular formula is C21H23N3O4. The van der Waals surface area contributed by atoms with E-state index in [0.717, 1.165) is 11.3 Å². The first-order valence-electron chi connectivity index (χ1n) is 8.81. The molecule has 146 valence electrons. The number of rotatable bonds is 5. The zero-order valence-electron chi connectivity index (χ0n) is 16.4. The molecule has 0 saturated heterocycles. The lowest BCUT2D eigenvalue weighted by Crippen LogP contribution is -2.40. The van der Waals surface area contributed by atoms with Crippen LogP contribution in [0.1, 0.15) is 46.5 Å². The number of amides is 2. The first kappa shape index (κ1) is 19.4. The van der Waals surface area contributed by atoms with Crippen LogP contribution in [-0.4, -0.2) is 42.3 Å². The van der Waals surface area contributed by atoms with Gasteiger partial charge in [0.1, 0.15) is 0 Å². The molecule has 0 spiro atoms. The van der Waals surface area contributed by atoms with E-state index >= 15 is 0 Å². The second-order valence-electron chi connectivity index (χ2n) is 7.16. The van der Waals surface area contributed by atoms with Crippen molar-refractivity contribution in [2.45, 2.75) is 25.8 Å². The van der Waals surface area contributed by atoms with Crippen LogP contribution in [0.4, 0.5) is 0 Å². The molecule has 1 aliphatic rings. The number of carbonyl (C=O) groups excluding carboxylic acids is 2. The average molecular weight is 381 g/mol. The van der Waals surface area contributed by atoms with Crippen molar-refractivity contribution in [1.29, 1.82) is 0 Å². The zero-order chi connectivity index (χ0) is 20.5. The molecule has 0 unspecified atom stereocenters. The number of carbonyl (C=O) groups is 2. The van der Waals surface area contributed by atoms with E-state index in [4.69, 9.17) is 15.2 Å². The molecule has 3 rings (SSSR count). The van der Waals surface area contributed by atoms with Gasteiger partial charge in [0, 0.05) is 23.1 Å². The van der Waals surface area contributed by atoms with Crippen molar-refractivity contribution in [3.05, 3.63) is 59.2 Å². The molecule has 0 radical (unpaired) electrons. The van der Waals surface area contributed by atoms with Crippen molar-refractivity contribution in [3.63, 3.8) is 0 Å². The van der Waals surface area contributed by atoms with Crippen LogP contribution >= 0.6 is 0 Å². The van der Waals surface area contributed by atoms with Gasteiger partial charge in [-0.1, -0.05) is 0 Å². The molecule has 0 bridgehead atoms. The van der Waals surface area contributed by atoms with Crippen molar-refractivity contribution < 1.29 is 19.1 Å². The fraction of sp³-hybridized carbons (Fsp3) is 0.286. The molecule has 0 aromatic heterocycles. The molecule has 2 N–H and O–H groups in total. The Morgan fingerprint density at radius 1 is 1.00 bits per heavy atom. The summed E-state index contributed by atoms with van der Waals surface area (Å²) < 4.78 is 10.6.